The summed E-state index contributed by atoms with van der Waals surface area (Å²) >= 11 is 0. The van der Waals surface area contributed by atoms with Crippen molar-refractivity contribution in [2.45, 2.75) is 13.8 Å². The quantitative estimate of drug-likeness (QED) is 0.910. The van der Waals surface area contributed by atoms with E-state index in [4.69, 9.17) is 0 Å². The molecule has 104 valence electrons. The Balaban J connectivity index is 2.43. The maximum absolute atomic E-state index is 13.7. The summed E-state index contributed by atoms with van der Waals surface area (Å²) in [7, 11) is 1.56. The van der Waals surface area contributed by atoms with Crippen LogP contribution in [0.3, 0.4) is 0 Å². The SMILES string of the molecule is Cc1ccc(N(C)C(=O)c2c(O)cccc2F)c(C)c1. The van der Waals surface area contributed by atoms with Gasteiger partial charge < -0.3 is 10.0 Å². The lowest BCUT2D eigenvalue weighted by atomic mass is 10.1. The van der Waals surface area contributed by atoms with E-state index in [2.05, 4.69) is 0 Å². The largest absolute Gasteiger partial charge is 0.507 e. The lowest BCUT2D eigenvalue weighted by Crippen LogP contribution is -2.27. The molecule has 0 bridgehead atoms. The molecular weight excluding hydrogens is 257 g/mol. The molecule has 2 aromatic carbocycles. The van der Waals surface area contributed by atoms with Crippen LogP contribution in [0.5, 0.6) is 5.75 Å². The van der Waals surface area contributed by atoms with Crippen molar-refractivity contribution in [2.75, 3.05) is 11.9 Å². The third-order valence-electron chi connectivity index (χ3n) is 3.22. The normalized spacial score (nSPS) is 10.4. The molecule has 0 spiro atoms. The third kappa shape index (κ3) is 2.50. The fourth-order valence-corrected chi connectivity index (χ4v) is 2.18. The molecular formula is C16H16FNO2. The number of carbonyl (C=O) groups is 1. The van der Waals surface area contributed by atoms with Crippen LogP contribution in [-0.4, -0.2) is 18.1 Å². The topological polar surface area (TPSA) is 40.5 Å². The number of hydrogen-bond donors (Lipinski definition) is 1. The number of benzene rings is 2. The molecule has 3 nitrogen and oxygen atoms in total. The highest BCUT2D eigenvalue weighted by atomic mass is 19.1. The van der Waals surface area contributed by atoms with Gasteiger partial charge in [-0.05, 0) is 37.6 Å². The second-order valence-electron chi connectivity index (χ2n) is 4.79. The number of anilines is 1. The third-order valence-corrected chi connectivity index (χ3v) is 3.22. The van der Waals surface area contributed by atoms with Crippen LogP contribution >= 0.6 is 0 Å². The van der Waals surface area contributed by atoms with E-state index in [1.165, 1.54) is 17.0 Å². The summed E-state index contributed by atoms with van der Waals surface area (Å²) < 4.78 is 13.7. The number of aryl methyl sites for hydroxylation is 2. The zero-order valence-corrected chi connectivity index (χ0v) is 11.6. The number of rotatable bonds is 2. The molecule has 0 unspecified atom stereocenters. The summed E-state index contributed by atoms with van der Waals surface area (Å²) in [6.45, 7) is 3.84. The molecule has 0 aromatic heterocycles. The Bertz CT molecular complexity index is 647. The minimum absolute atomic E-state index is 0.310. The maximum atomic E-state index is 13.7. The predicted octanol–water partition coefficient (Wildman–Crippen LogP) is 3.42. The van der Waals surface area contributed by atoms with Crippen molar-refractivity contribution in [3.8, 4) is 5.75 Å². The van der Waals surface area contributed by atoms with Crippen molar-refractivity contribution in [1.82, 2.24) is 0 Å². The number of hydrogen-bond acceptors (Lipinski definition) is 2. The Morgan fingerprint density at radius 1 is 1.20 bits per heavy atom. The van der Waals surface area contributed by atoms with Crippen molar-refractivity contribution in [2.24, 2.45) is 0 Å². The van der Waals surface area contributed by atoms with Gasteiger partial charge in [0.2, 0.25) is 0 Å². The van der Waals surface area contributed by atoms with Gasteiger partial charge in [-0.2, -0.15) is 0 Å². The smallest absolute Gasteiger partial charge is 0.264 e. The molecule has 4 heteroatoms. The van der Waals surface area contributed by atoms with Crippen LogP contribution in [0.2, 0.25) is 0 Å². The van der Waals surface area contributed by atoms with Gasteiger partial charge >= 0.3 is 0 Å². The zero-order valence-electron chi connectivity index (χ0n) is 11.6. The predicted molar refractivity (Wildman–Crippen MR) is 76.7 cm³/mol. The first-order valence-corrected chi connectivity index (χ1v) is 6.24. The van der Waals surface area contributed by atoms with Crippen molar-refractivity contribution < 1.29 is 14.3 Å². The van der Waals surface area contributed by atoms with Gasteiger partial charge in [0.25, 0.3) is 5.91 Å². The van der Waals surface area contributed by atoms with Gasteiger partial charge in [-0.1, -0.05) is 23.8 Å². The minimum atomic E-state index is -0.730. The van der Waals surface area contributed by atoms with Gasteiger partial charge in [0.05, 0.1) is 0 Å². The second-order valence-corrected chi connectivity index (χ2v) is 4.79. The first-order valence-electron chi connectivity index (χ1n) is 6.24. The highest BCUT2D eigenvalue weighted by Crippen LogP contribution is 2.26. The number of halogens is 1. The van der Waals surface area contributed by atoms with E-state index in [0.717, 1.165) is 17.2 Å². The van der Waals surface area contributed by atoms with E-state index < -0.39 is 11.7 Å². The molecule has 0 heterocycles. The molecule has 0 atom stereocenters. The molecule has 1 N–H and O–H groups in total. The molecule has 0 radical (unpaired) electrons. The number of phenolic OH excluding ortho intramolecular Hbond substituents is 1. The highest BCUT2D eigenvalue weighted by molar-refractivity contribution is 6.08. The lowest BCUT2D eigenvalue weighted by Gasteiger charge is -2.20. The van der Waals surface area contributed by atoms with Gasteiger partial charge in [-0.15, -0.1) is 0 Å². The van der Waals surface area contributed by atoms with Gasteiger partial charge in [0.1, 0.15) is 17.1 Å². The molecule has 2 rings (SSSR count). The van der Waals surface area contributed by atoms with Crippen LogP contribution in [0, 0.1) is 19.7 Å². The molecule has 0 saturated heterocycles. The summed E-state index contributed by atoms with van der Waals surface area (Å²) in [4.78, 5) is 13.7. The summed E-state index contributed by atoms with van der Waals surface area (Å²) in [5.74, 6) is -1.66. The van der Waals surface area contributed by atoms with Crippen molar-refractivity contribution in [3.63, 3.8) is 0 Å². The Hall–Kier alpha value is -2.36. The van der Waals surface area contributed by atoms with Crippen molar-refractivity contribution in [1.29, 1.82) is 0 Å². The monoisotopic (exact) mass is 273 g/mol. The maximum Gasteiger partial charge on any atom is 0.264 e. The summed E-state index contributed by atoms with van der Waals surface area (Å²) in [5, 5.41) is 9.68. The van der Waals surface area contributed by atoms with Gasteiger partial charge in [-0.25, -0.2) is 4.39 Å². The molecule has 0 saturated carbocycles. The molecule has 20 heavy (non-hydrogen) atoms. The van der Waals surface area contributed by atoms with E-state index in [1.807, 2.05) is 26.0 Å². The standard InChI is InChI=1S/C16H16FNO2/c1-10-7-8-13(11(2)9-10)18(3)16(20)15-12(17)5-4-6-14(15)19/h4-9,19H,1-3H3. The van der Waals surface area contributed by atoms with Crippen LogP contribution in [0.25, 0.3) is 0 Å². The fourth-order valence-electron chi connectivity index (χ4n) is 2.18. The first kappa shape index (κ1) is 14.1. The molecule has 0 aliphatic carbocycles. The molecule has 1 amide bonds. The van der Waals surface area contributed by atoms with Crippen LogP contribution < -0.4 is 4.90 Å². The summed E-state index contributed by atoms with van der Waals surface area (Å²) in [6, 6.07) is 9.45. The second kappa shape index (κ2) is 5.33. The highest BCUT2D eigenvalue weighted by Gasteiger charge is 2.22. The van der Waals surface area contributed by atoms with Gasteiger partial charge in [0, 0.05) is 12.7 Å². The molecule has 0 aliphatic heterocycles. The van der Waals surface area contributed by atoms with Crippen LogP contribution in [0.15, 0.2) is 36.4 Å². The van der Waals surface area contributed by atoms with Crippen LogP contribution in [0.4, 0.5) is 10.1 Å². The minimum Gasteiger partial charge on any atom is -0.507 e. The van der Waals surface area contributed by atoms with Gasteiger partial charge in [-0.3, -0.25) is 4.79 Å². The summed E-state index contributed by atoms with van der Waals surface area (Å²) in [6.07, 6.45) is 0. The van der Waals surface area contributed by atoms with Crippen LogP contribution in [0.1, 0.15) is 21.5 Å². The molecule has 0 aliphatic rings. The first-order chi connectivity index (χ1) is 9.41. The number of phenols is 1. The Kier molecular flexibility index (Phi) is 3.74. The van der Waals surface area contributed by atoms with Crippen molar-refractivity contribution in [3.05, 3.63) is 58.9 Å². The Labute approximate surface area is 117 Å². The van der Waals surface area contributed by atoms with Crippen LogP contribution in [-0.2, 0) is 0 Å². The summed E-state index contributed by atoms with van der Waals surface area (Å²) in [5.41, 5.74) is 2.37. The Morgan fingerprint density at radius 2 is 1.90 bits per heavy atom. The number of amides is 1. The molecule has 2 aromatic rings. The molecule has 0 fully saturated rings. The van der Waals surface area contributed by atoms with E-state index >= 15 is 0 Å². The average molecular weight is 273 g/mol. The van der Waals surface area contributed by atoms with E-state index in [1.54, 1.807) is 13.1 Å². The van der Waals surface area contributed by atoms with E-state index in [0.29, 0.717) is 5.69 Å². The van der Waals surface area contributed by atoms with Crippen molar-refractivity contribution >= 4 is 11.6 Å². The van der Waals surface area contributed by atoms with Gasteiger partial charge in [0.15, 0.2) is 0 Å². The number of aromatic hydroxyl groups is 1. The number of nitrogens with zero attached hydrogens (tertiary/aromatic N) is 1. The number of carbonyl (C=O) groups excluding carboxylic acids is 1. The lowest BCUT2D eigenvalue weighted by molar-refractivity contribution is 0.0986. The Morgan fingerprint density at radius 3 is 2.50 bits per heavy atom. The zero-order chi connectivity index (χ0) is 14.9. The fraction of sp³-hybridized carbons (Fsp3) is 0.188. The van der Waals surface area contributed by atoms with E-state index in [9.17, 15) is 14.3 Å². The average Bonchev–Trinajstić information content (AvgIpc) is 2.37. The van der Waals surface area contributed by atoms with E-state index in [-0.39, 0.29) is 11.3 Å².